The Bertz CT molecular complexity index is 2810. The summed E-state index contributed by atoms with van der Waals surface area (Å²) in [7, 11) is 2.25. The van der Waals surface area contributed by atoms with Gasteiger partial charge in [0.25, 0.3) is 23.6 Å². The number of aryl methyl sites for hydroxylation is 2. The molecule has 3 N–H and O–H groups in total. The second-order valence-corrected chi connectivity index (χ2v) is 16.1. The van der Waals surface area contributed by atoms with Crippen LogP contribution >= 0.6 is 11.6 Å². The second kappa shape index (κ2) is 16.7. The van der Waals surface area contributed by atoms with E-state index < -0.39 is 119 Å². The minimum absolute atomic E-state index is 0.00915. The number of fused-ring (bicyclic) bond motifs is 2. The number of nitrogens with zero attached hydrogens (tertiary/aromatic N) is 8. The molecule has 4 aromatic heterocycles. The first-order chi connectivity index (χ1) is 31.3. The molecule has 16 nitrogen and oxygen atoms in total. The summed E-state index contributed by atoms with van der Waals surface area (Å²) < 4.78 is 135. The van der Waals surface area contributed by atoms with Crippen LogP contribution in [-0.2, 0) is 61.9 Å². The van der Waals surface area contributed by atoms with Gasteiger partial charge in [0.1, 0.15) is 41.6 Å². The predicted molar refractivity (Wildman–Crippen MR) is 213 cm³/mol. The number of hydrogen-bond donors (Lipinski definition) is 3. The molecule has 4 amide bonds. The molecule has 67 heavy (non-hydrogen) atoms. The van der Waals surface area contributed by atoms with Crippen LogP contribution in [0.4, 0.5) is 62.7 Å². The van der Waals surface area contributed by atoms with Gasteiger partial charge < -0.3 is 25.0 Å². The van der Waals surface area contributed by atoms with Gasteiger partial charge in [-0.05, 0) is 84.6 Å². The Balaban J connectivity index is 1.18. The molecule has 1 aliphatic carbocycles. The summed E-state index contributed by atoms with van der Waals surface area (Å²) in [5, 5.41) is 37.2. The predicted octanol–water partition coefficient (Wildman–Crippen LogP) is 4.36. The van der Waals surface area contributed by atoms with Crippen LogP contribution < -0.4 is 19.6 Å². The van der Waals surface area contributed by atoms with Crippen molar-refractivity contribution in [2.24, 2.45) is 0 Å². The highest BCUT2D eigenvalue weighted by atomic mass is 35.5. The average molecular weight is 971 g/mol. The Morgan fingerprint density at radius 2 is 1.33 bits per heavy atom. The highest BCUT2D eigenvalue weighted by Gasteiger charge is 2.56. The lowest BCUT2D eigenvalue weighted by atomic mass is 9.88. The van der Waals surface area contributed by atoms with Gasteiger partial charge >= 0.3 is 18.5 Å². The first kappa shape index (κ1) is 47.1. The van der Waals surface area contributed by atoms with Crippen LogP contribution in [0.15, 0.2) is 66.9 Å². The van der Waals surface area contributed by atoms with E-state index >= 15 is 0 Å². The van der Waals surface area contributed by atoms with Crippen molar-refractivity contribution in [1.29, 1.82) is 0 Å². The van der Waals surface area contributed by atoms with E-state index in [-0.39, 0.29) is 33.6 Å². The van der Waals surface area contributed by atoms with E-state index in [1.165, 1.54) is 29.9 Å². The third-order valence-corrected chi connectivity index (χ3v) is 11.8. The number of rotatable bonds is 9. The maximum absolute atomic E-state index is 14.6. The topological polar surface area (TPSA) is 194 Å². The monoisotopic (exact) mass is 970 g/mol. The highest BCUT2D eigenvalue weighted by Crippen LogP contribution is 2.41. The van der Waals surface area contributed by atoms with Gasteiger partial charge in [0.15, 0.2) is 18.0 Å². The van der Waals surface area contributed by atoms with Gasteiger partial charge in [0.2, 0.25) is 0 Å². The summed E-state index contributed by atoms with van der Waals surface area (Å²) in [6.07, 6.45) is -23.1. The molecule has 6 heterocycles. The zero-order valence-corrected chi connectivity index (χ0v) is 34.9. The van der Waals surface area contributed by atoms with Crippen LogP contribution in [0.25, 0.3) is 5.52 Å². The number of carbonyl (C=O) groups is 4. The maximum atomic E-state index is 14.6. The standard InChI is InChI=1S/C41H32ClF9N8O8/c1-55(24-11-18-6-5-17(18)10-23(24)42)35(63)29-31(60)32(61)37(65)58(29)27-14-19(39(43,44)45)12-21(52-27)16-67-34-30(36(64)56(2)26-8-7-22-4-3-9-57(22)54-26)59(38(66)33(34)62)28-15-20(40(46,47)48)13-25(53-28)41(49,50)51/h3-4,7-15,29-34,60-62H,5-6,16H2,1-2H3. The normalized spacial score (nSPS) is 22.1. The lowest BCUT2D eigenvalue weighted by Gasteiger charge is -2.31. The average Bonchev–Trinajstić information content (AvgIpc) is 3.90. The first-order valence-electron chi connectivity index (χ1n) is 19.6. The first-order valence-corrected chi connectivity index (χ1v) is 20.0. The number of aromatic nitrogens is 4. The van der Waals surface area contributed by atoms with Crippen LogP contribution in [0.2, 0.25) is 5.02 Å². The summed E-state index contributed by atoms with van der Waals surface area (Å²) in [5.41, 5.74) is -4.18. The molecule has 26 heteroatoms. The van der Waals surface area contributed by atoms with E-state index in [4.69, 9.17) is 16.3 Å². The van der Waals surface area contributed by atoms with Crippen LogP contribution in [0.3, 0.4) is 0 Å². The fourth-order valence-electron chi connectivity index (χ4n) is 7.94. The van der Waals surface area contributed by atoms with E-state index in [0.29, 0.717) is 35.4 Å². The van der Waals surface area contributed by atoms with Gasteiger partial charge in [0, 0.05) is 20.3 Å². The number of benzene rings is 1. The molecule has 8 rings (SSSR count). The number of hydrogen-bond acceptors (Lipinski definition) is 11. The molecule has 354 valence electrons. The quantitative estimate of drug-likeness (QED) is 0.178. The van der Waals surface area contributed by atoms with Gasteiger partial charge in [-0.1, -0.05) is 11.6 Å². The number of ether oxygens (including phenoxy) is 1. The molecule has 0 spiro atoms. The zero-order valence-electron chi connectivity index (χ0n) is 34.2. The Kier molecular flexibility index (Phi) is 11.8. The van der Waals surface area contributed by atoms with Crippen molar-refractivity contribution in [3.63, 3.8) is 0 Å². The molecule has 6 unspecified atom stereocenters. The van der Waals surface area contributed by atoms with Gasteiger partial charge in [-0.15, -0.1) is 5.10 Å². The van der Waals surface area contributed by atoms with Crippen molar-refractivity contribution in [3.8, 4) is 0 Å². The van der Waals surface area contributed by atoms with E-state index in [0.717, 1.165) is 28.0 Å². The molecule has 5 aromatic rings. The fourth-order valence-corrected chi connectivity index (χ4v) is 8.25. The summed E-state index contributed by atoms with van der Waals surface area (Å²) in [6.45, 7) is -1.25. The van der Waals surface area contributed by atoms with Gasteiger partial charge in [0.05, 0.1) is 39.7 Å². The number of pyridine rings is 2. The molecule has 2 fully saturated rings. The van der Waals surface area contributed by atoms with Crippen LogP contribution in [0.1, 0.15) is 33.6 Å². The Hall–Kier alpha value is -6.41. The van der Waals surface area contributed by atoms with Crippen molar-refractivity contribution < 1.29 is 78.7 Å². The van der Waals surface area contributed by atoms with Crippen molar-refractivity contribution in [2.45, 2.75) is 74.5 Å². The number of carbonyl (C=O) groups excluding carboxylic acids is 4. The summed E-state index contributed by atoms with van der Waals surface area (Å²) in [5.74, 6) is -8.29. The lowest BCUT2D eigenvalue weighted by Crippen LogP contribution is -2.51. The smallest absolute Gasteiger partial charge is 0.387 e. The molecule has 1 aromatic carbocycles. The third-order valence-electron chi connectivity index (χ3n) is 11.5. The molecular formula is C41H32ClF9N8O8. The SMILES string of the molecule is CN(C(=O)C1C(OCc2cc(C(F)(F)F)cc(N3C(=O)C(O)C(O)C3C(=O)N(C)c3cc4c(cc3Cl)CC4)n2)C(O)C(=O)N1c1cc(C(F)(F)F)cc(C(F)(F)F)n1)c1ccc2cccn2n1. The summed E-state index contributed by atoms with van der Waals surface area (Å²) in [4.78, 5) is 64.9. The Labute approximate surface area is 375 Å². The van der Waals surface area contributed by atoms with E-state index in [1.807, 2.05) is 0 Å². The molecule has 2 aliphatic heterocycles. The molecule has 0 radical (unpaired) electrons. The number of likely N-dealkylation sites (N-methyl/N-ethyl adjacent to an activating group) is 2. The maximum Gasteiger partial charge on any atom is 0.433 e. The number of alkyl halides is 9. The van der Waals surface area contributed by atoms with E-state index in [9.17, 15) is 74.0 Å². The molecule has 0 saturated carbocycles. The largest absolute Gasteiger partial charge is 0.433 e. The van der Waals surface area contributed by atoms with Crippen LogP contribution in [0, 0.1) is 0 Å². The van der Waals surface area contributed by atoms with Crippen molar-refractivity contribution in [3.05, 3.63) is 106 Å². The molecule has 2 saturated heterocycles. The van der Waals surface area contributed by atoms with Crippen molar-refractivity contribution >= 4 is 63.9 Å². The molecular weight excluding hydrogens is 939 g/mol. The van der Waals surface area contributed by atoms with Crippen molar-refractivity contribution in [1.82, 2.24) is 19.6 Å². The van der Waals surface area contributed by atoms with Crippen LogP contribution in [-0.4, -0.2) is 109 Å². The Morgan fingerprint density at radius 3 is 1.96 bits per heavy atom. The van der Waals surface area contributed by atoms with Crippen molar-refractivity contribution in [2.75, 3.05) is 33.7 Å². The molecule has 3 aliphatic rings. The minimum Gasteiger partial charge on any atom is -0.387 e. The Morgan fingerprint density at radius 1 is 0.746 bits per heavy atom. The van der Waals surface area contributed by atoms with Crippen LogP contribution in [0.5, 0.6) is 0 Å². The number of aliphatic hydroxyl groups is 3. The number of halogens is 10. The van der Waals surface area contributed by atoms with E-state index in [2.05, 4.69) is 15.1 Å². The lowest BCUT2D eigenvalue weighted by molar-refractivity contribution is -0.145. The fraction of sp³-hybridized carbons (Fsp3) is 0.341. The molecule has 0 bridgehead atoms. The minimum atomic E-state index is -5.55. The summed E-state index contributed by atoms with van der Waals surface area (Å²) >= 11 is 6.42. The number of anilines is 4. The molecule has 6 atom stereocenters. The van der Waals surface area contributed by atoms with Gasteiger partial charge in [-0.2, -0.15) is 39.5 Å². The van der Waals surface area contributed by atoms with Gasteiger partial charge in [-0.25, -0.2) is 14.5 Å². The zero-order chi connectivity index (χ0) is 48.8. The number of amides is 4. The second-order valence-electron chi connectivity index (χ2n) is 15.7. The summed E-state index contributed by atoms with van der Waals surface area (Å²) in [6, 6.07) is 4.85. The third kappa shape index (κ3) is 8.49. The van der Waals surface area contributed by atoms with E-state index in [1.54, 1.807) is 24.3 Å². The highest BCUT2D eigenvalue weighted by molar-refractivity contribution is 6.34. The number of aliphatic hydroxyl groups excluding tert-OH is 3. The van der Waals surface area contributed by atoms with Gasteiger partial charge in [-0.3, -0.25) is 33.9 Å².